The maximum Gasteiger partial charge on any atom is 0.0591 e. The van der Waals surface area contributed by atoms with Gasteiger partial charge in [0.15, 0.2) is 0 Å². The number of thiophene rings is 1. The Hall–Kier alpha value is 0.1000. The highest BCUT2D eigenvalue weighted by molar-refractivity contribution is 9.10. The average Bonchev–Trinajstić information content (AvgIpc) is 2.62. The lowest BCUT2D eigenvalue weighted by molar-refractivity contribution is 0.153. The number of halogens is 1. The van der Waals surface area contributed by atoms with E-state index < -0.39 is 0 Å². The Bertz CT molecular complexity index is 370. The van der Waals surface area contributed by atoms with Gasteiger partial charge in [-0.3, -0.25) is 4.90 Å². The fraction of sp³-hybridized carbons (Fsp3) is 0.714. The minimum absolute atomic E-state index is 0.183. The highest BCUT2D eigenvalue weighted by atomic mass is 79.9. The molecule has 1 aromatic rings. The van der Waals surface area contributed by atoms with Crippen molar-refractivity contribution in [1.82, 2.24) is 4.90 Å². The van der Waals surface area contributed by atoms with Gasteiger partial charge in [-0.2, -0.15) is 0 Å². The van der Waals surface area contributed by atoms with Crippen LogP contribution in [0.25, 0.3) is 0 Å². The summed E-state index contributed by atoms with van der Waals surface area (Å²) in [4.78, 5) is 3.75. The second-order valence-electron chi connectivity index (χ2n) is 6.16. The van der Waals surface area contributed by atoms with E-state index in [1.165, 1.54) is 4.88 Å². The van der Waals surface area contributed by atoms with Gasteiger partial charge in [0, 0.05) is 27.3 Å². The number of nitrogens with two attached hydrogens (primary N) is 1. The summed E-state index contributed by atoms with van der Waals surface area (Å²) < 4.78 is 1.15. The first-order chi connectivity index (χ1) is 8.24. The van der Waals surface area contributed by atoms with Crippen LogP contribution in [0.5, 0.6) is 0 Å². The molecule has 2 atom stereocenters. The zero-order chi connectivity index (χ0) is 13.9. The van der Waals surface area contributed by atoms with E-state index >= 15 is 0 Å². The first-order valence-corrected chi connectivity index (χ1v) is 8.11. The molecule has 1 heterocycles. The van der Waals surface area contributed by atoms with Gasteiger partial charge >= 0.3 is 0 Å². The normalized spacial score (nSPS) is 16.0. The number of hydrogen-bond acceptors (Lipinski definition) is 3. The predicted molar refractivity (Wildman–Crippen MR) is 85.1 cm³/mol. The molecule has 1 rings (SSSR count). The third-order valence-corrected chi connectivity index (χ3v) is 4.72. The molecular formula is C14H25BrN2S. The predicted octanol–water partition coefficient (Wildman–Crippen LogP) is 4.27. The summed E-state index contributed by atoms with van der Waals surface area (Å²) >= 11 is 5.32. The molecule has 0 spiro atoms. The number of hydrogen-bond donors (Lipinski definition) is 1. The van der Waals surface area contributed by atoms with Crippen LogP contribution in [0.3, 0.4) is 0 Å². The Morgan fingerprint density at radius 1 is 1.44 bits per heavy atom. The van der Waals surface area contributed by atoms with E-state index in [0.717, 1.165) is 17.4 Å². The molecule has 0 bridgehead atoms. The Morgan fingerprint density at radius 3 is 2.44 bits per heavy atom. The summed E-state index contributed by atoms with van der Waals surface area (Å²) in [5, 5.41) is 2.13. The molecule has 0 aliphatic rings. The Morgan fingerprint density at radius 2 is 2.06 bits per heavy atom. The summed E-state index contributed by atoms with van der Waals surface area (Å²) in [5.41, 5.74) is 6.61. The van der Waals surface area contributed by atoms with Crippen molar-refractivity contribution in [2.75, 3.05) is 13.6 Å². The summed E-state index contributed by atoms with van der Waals surface area (Å²) in [6.45, 7) is 10.00. The van der Waals surface area contributed by atoms with Crippen molar-refractivity contribution in [3.63, 3.8) is 0 Å². The fourth-order valence-corrected chi connectivity index (χ4v) is 3.99. The van der Waals surface area contributed by atoms with Gasteiger partial charge in [-0.1, -0.05) is 27.7 Å². The van der Waals surface area contributed by atoms with Crippen molar-refractivity contribution in [2.24, 2.45) is 11.1 Å². The molecule has 2 nitrogen and oxygen atoms in total. The molecule has 0 radical (unpaired) electrons. The Kier molecular flexibility index (Phi) is 5.84. The maximum atomic E-state index is 6.33. The highest BCUT2D eigenvalue weighted by Gasteiger charge is 2.27. The van der Waals surface area contributed by atoms with E-state index in [9.17, 15) is 0 Å². The number of likely N-dealkylation sites (N-methyl/N-ethyl adjacent to an activating group) is 1. The molecule has 0 aliphatic heterocycles. The monoisotopic (exact) mass is 332 g/mol. The van der Waals surface area contributed by atoms with Crippen molar-refractivity contribution >= 4 is 27.3 Å². The van der Waals surface area contributed by atoms with Gasteiger partial charge in [0.2, 0.25) is 0 Å². The molecule has 0 fully saturated rings. The van der Waals surface area contributed by atoms with E-state index in [1.54, 1.807) is 11.3 Å². The second kappa shape index (κ2) is 6.51. The zero-order valence-electron chi connectivity index (χ0n) is 12.0. The van der Waals surface area contributed by atoms with Gasteiger partial charge < -0.3 is 5.73 Å². The molecule has 18 heavy (non-hydrogen) atoms. The van der Waals surface area contributed by atoms with Gasteiger partial charge in [0.25, 0.3) is 0 Å². The van der Waals surface area contributed by atoms with Crippen LogP contribution in [-0.4, -0.2) is 24.5 Å². The maximum absolute atomic E-state index is 6.33. The number of rotatable bonds is 5. The molecule has 2 N–H and O–H groups in total. The van der Waals surface area contributed by atoms with Crippen LogP contribution in [0.15, 0.2) is 15.9 Å². The lowest BCUT2D eigenvalue weighted by Gasteiger charge is -2.35. The van der Waals surface area contributed by atoms with Crippen LogP contribution in [0, 0.1) is 5.41 Å². The lowest BCUT2D eigenvalue weighted by Crippen LogP contribution is -2.41. The van der Waals surface area contributed by atoms with Crippen LogP contribution in [-0.2, 0) is 0 Å². The van der Waals surface area contributed by atoms with Crippen molar-refractivity contribution in [3.8, 4) is 0 Å². The third-order valence-electron chi connectivity index (χ3n) is 2.95. The van der Waals surface area contributed by atoms with Gasteiger partial charge in [0.1, 0.15) is 0 Å². The van der Waals surface area contributed by atoms with Crippen LogP contribution >= 0.6 is 27.3 Å². The Balaban J connectivity index is 2.92. The van der Waals surface area contributed by atoms with E-state index in [1.807, 2.05) is 0 Å². The Labute approximate surface area is 124 Å². The largest absolute Gasteiger partial charge is 0.326 e. The molecule has 0 aromatic carbocycles. The summed E-state index contributed by atoms with van der Waals surface area (Å²) in [7, 11) is 2.18. The minimum Gasteiger partial charge on any atom is -0.326 e. The second-order valence-corrected chi connectivity index (χ2v) is 8.02. The van der Waals surface area contributed by atoms with Crippen molar-refractivity contribution < 1.29 is 0 Å². The minimum atomic E-state index is 0.183. The number of nitrogens with zero attached hydrogens (tertiary/aromatic N) is 1. The van der Waals surface area contributed by atoms with Gasteiger partial charge in [-0.25, -0.2) is 0 Å². The van der Waals surface area contributed by atoms with E-state index in [4.69, 9.17) is 5.73 Å². The summed E-state index contributed by atoms with van der Waals surface area (Å²) in [6.07, 6.45) is 0.995. The standard InChI is InChI=1S/C14H25BrN2S/c1-6-11(16)13(12-7-10(15)8-18-12)17(5)9-14(2,3)4/h7-8,11,13H,6,9,16H2,1-5H3. The van der Waals surface area contributed by atoms with Crippen molar-refractivity contribution in [2.45, 2.75) is 46.2 Å². The van der Waals surface area contributed by atoms with Gasteiger partial charge in [-0.15, -0.1) is 11.3 Å². The molecule has 104 valence electrons. The molecule has 4 heteroatoms. The van der Waals surface area contributed by atoms with Crippen LogP contribution in [0.4, 0.5) is 0 Å². The molecule has 2 unspecified atom stereocenters. The van der Waals surface area contributed by atoms with Gasteiger partial charge in [0.05, 0.1) is 6.04 Å². The van der Waals surface area contributed by atoms with Gasteiger partial charge in [-0.05, 0) is 40.9 Å². The molecular weight excluding hydrogens is 308 g/mol. The van der Waals surface area contributed by atoms with Crippen LogP contribution in [0.2, 0.25) is 0 Å². The smallest absolute Gasteiger partial charge is 0.0591 e. The van der Waals surface area contributed by atoms with E-state index in [2.05, 4.69) is 67.0 Å². The quantitative estimate of drug-likeness (QED) is 0.872. The summed E-state index contributed by atoms with van der Waals surface area (Å²) in [5.74, 6) is 0. The van der Waals surface area contributed by atoms with Crippen molar-refractivity contribution in [1.29, 1.82) is 0 Å². The third kappa shape index (κ3) is 4.65. The molecule has 0 aliphatic carbocycles. The molecule has 0 saturated carbocycles. The van der Waals surface area contributed by atoms with Crippen molar-refractivity contribution in [3.05, 3.63) is 20.8 Å². The highest BCUT2D eigenvalue weighted by Crippen LogP contribution is 2.33. The summed E-state index contributed by atoms with van der Waals surface area (Å²) in [6, 6.07) is 2.69. The molecule has 0 saturated heterocycles. The fourth-order valence-electron chi connectivity index (χ4n) is 2.31. The van der Waals surface area contributed by atoms with Crippen LogP contribution < -0.4 is 5.73 Å². The first-order valence-electron chi connectivity index (χ1n) is 6.44. The average molecular weight is 333 g/mol. The van der Waals surface area contributed by atoms with E-state index in [-0.39, 0.29) is 11.5 Å². The molecule has 0 amide bonds. The SMILES string of the molecule is CCC(N)C(c1cc(Br)cs1)N(C)CC(C)(C)C. The zero-order valence-corrected chi connectivity index (χ0v) is 14.4. The topological polar surface area (TPSA) is 29.3 Å². The first kappa shape index (κ1) is 16.2. The molecule has 1 aromatic heterocycles. The van der Waals surface area contributed by atoms with Crippen LogP contribution in [0.1, 0.15) is 45.0 Å². The lowest BCUT2D eigenvalue weighted by atomic mass is 9.94. The van der Waals surface area contributed by atoms with E-state index in [0.29, 0.717) is 6.04 Å².